The van der Waals surface area contributed by atoms with E-state index >= 15 is 0 Å². The minimum absolute atomic E-state index is 0.0962. The van der Waals surface area contributed by atoms with Crippen molar-refractivity contribution in [1.82, 2.24) is 4.90 Å². The fourth-order valence-corrected chi connectivity index (χ4v) is 4.15. The highest BCUT2D eigenvalue weighted by molar-refractivity contribution is 6.05. The van der Waals surface area contributed by atoms with Crippen LogP contribution in [0.4, 0.5) is 11.4 Å². The third-order valence-corrected chi connectivity index (χ3v) is 5.76. The molecule has 2 heterocycles. The lowest BCUT2D eigenvalue weighted by atomic mass is 10.0. The molecule has 0 aromatic heterocycles. The van der Waals surface area contributed by atoms with Crippen molar-refractivity contribution in [3.8, 4) is 5.75 Å². The molecule has 170 valence electrons. The van der Waals surface area contributed by atoms with E-state index in [2.05, 4.69) is 15.5 Å². The van der Waals surface area contributed by atoms with E-state index in [-0.39, 0.29) is 30.7 Å². The fraction of sp³-hybridized carbons (Fsp3) is 0.417. The van der Waals surface area contributed by atoms with Crippen molar-refractivity contribution in [1.29, 1.82) is 0 Å². The molecule has 2 saturated heterocycles. The number of benzene rings is 2. The maximum absolute atomic E-state index is 12.6. The Morgan fingerprint density at radius 3 is 2.53 bits per heavy atom. The standard InChI is InChI=1S/C24H29N3O5/c1-30-21-8-3-2-6-19(21)26-23(29)17-9-11-18(12-10-17)25-22(28)16-27-13-5-4-7-20(27)24-31-14-15-32-24/h2-3,6,8-12,20,24H,4-5,7,13-16H2,1H3,(H,25,28)(H,26,29). The number of amides is 2. The summed E-state index contributed by atoms with van der Waals surface area (Å²) in [5.74, 6) is 0.246. The average molecular weight is 440 g/mol. The van der Waals surface area contributed by atoms with Crippen molar-refractivity contribution >= 4 is 23.2 Å². The lowest BCUT2D eigenvalue weighted by Gasteiger charge is -2.37. The number of likely N-dealkylation sites (tertiary alicyclic amines) is 1. The van der Waals surface area contributed by atoms with Crippen LogP contribution in [-0.4, -0.2) is 62.5 Å². The van der Waals surface area contributed by atoms with Crippen molar-refractivity contribution < 1.29 is 23.8 Å². The zero-order valence-electron chi connectivity index (χ0n) is 18.2. The Morgan fingerprint density at radius 2 is 1.78 bits per heavy atom. The van der Waals surface area contributed by atoms with Gasteiger partial charge in [-0.2, -0.15) is 0 Å². The molecule has 0 bridgehead atoms. The number of hydrogen-bond acceptors (Lipinski definition) is 6. The van der Waals surface area contributed by atoms with Crippen molar-refractivity contribution in [3.63, 3.8) is 0 Å². The summed E-state index contributed by atoms with van der Waals surface area (Å²) in [6, 6.07) is 14.2. The number of anilines is 2. The molecular weight excluding hydrogens is 410 g/mol. The van der Waals surface area contributed by atoms with Gasteiger partial charge in [-0.25, -0.2) is 0 Å². The molecule has 2 aromatic rings. The molecule has 4 rings (SSSR count). The van der Waals surface area contributed by atoms with E-state index in [9.17, 15) is 9.59 Å². The van der Waals surface area contributed by atoms with E-state index in [0.29, 0.717) is 35.9 Å². The quantitative estimate of drug-likeness (QED) is 0.689. The van der Waals surface area contributed by atoms with Gasteiger partial charge in [0.2, 0.25) is 5.91 Å². The van der Waals surface area contributed by atoms with Gasteiger partial charge >= 0.3 is 0 Å². The van der Waals surface area contributed by atoms with Crippen LogP contribution in [0.3, 0.4) is 0 Å². The zero-order chi connectivity index (χ0) is 22.3. The number of carbonyl (C=O) groups excluding carboxylic acids is 2. The molecule has 8 heteroatoms. The zero-order valence-corrected chi connectivity index (χ0v) is 18.2. The lowest BCUT2D eigenvalue weighted by Crippen LogP contribution is -2.50. The third kappa shape index (κ3) is 5.45. The number of piperidine rings is 1. The molecule has 0 aliphatic carbocycles. The molecule has 1 unspecified atom stereocenters. The molecule has 2 aliphatic heterocycles. The summed E-state index contributed by atoms with van der Waals surface area (Å²) in [5, 5.41) is 5.76. The van der Waals surface area contributed by atoms with Crippen LogP contribution in [0.5, 0.6) is 5.75 Å². The number of ether oxygens (including phenoxy) is 3. The van der Waals surface area contributed by atoms with Gasteiger partial charge in [0, 0.05) is 11.3 Å². The molecule has 0 spiro atoms. The van der Waals surface area contributed by atoms with E-state index in [0.717, 1.165) is 25.8 Å². The van der Waals surface area contributed by atoms with E-state index in [4.69, 9.17) is 14.2 Å². The second kappa shape index (κ2) is 10.6. The highest BCUT2D eigenvalue weighted by atomic mass is 16.7. The number of para-hydroxylation sites is 2. The van der Waals surface area contributed by atoms with E-state index in [1.807, 2.05) is 12.1 Å². The topological polar surface area (TPSA) is 89.1 Å². The minimum atomic E-state index is -0.250. The molecule has 2 fully saturated rings. The first kappa shape index (κ1) is 22.3. The van der Waals surface area contributed by atoms with Gasteiger partial charge in [-0.1, -0.05) is 18.6 Å². The molecule has 8 nitrogen and oxygen atoms in total. The number of methoxy groups -OCH3 is 1. The Hall–Kier alpha value is -2.94. The van der Waals surface area contributed by atoms with Crippen LogP contribution in [0, 0.1) is 0 Å². The minimum Gasteiger partial charge on any atom is -0.495 e. The first-order valence-electron chi connectivity index (χ1n) is 11.0. The first-order valence-corrected chi connectivity index (χ1v) is 11.0. The number of nitrogens with one attached hydrogen (secondary N) is 2. The largest absolute Gasteiger partial charge is 0.495 e. The Bertz CT molecular complexity index is 927. The van der Waals surface area contributed by atoms with Gasteiger partial charge in [-0.05, 0) is 55.8 Å². The van der Waals surface area contributed by atoms with Crippen molar-refractivity contribution in [3.05, 3.63) is 54.1 Å². The van der Waals surface area contributed by atoms with E-state index < -0.39 is 0 Å². The van der Waals surface area contributed by atoms with Gasteiger partial charge in [-0.3, -0.25) is 14.5 Å². The lowest BCUT2D eigenvalue weighted by molar-refractivity contribution is -0.127. The second-order valence-corrected chi connectivity index (χ2v) is 7.92. The van der Waals surface area contributed by atoms with Gasteiger partial charge in [0.05, 0.1) is 38.6 Å². The fourth-order valence-electron chi connectivity index (χ4n) is 4.15. The average Bonchev–Trinajstić information content (AvgIpc) is 3.35. The van der Waals surface area contributed by atoms with E-state index in [1.165, 1.54) is 0 Å². The Morgan fingerprint density at radius 1 is 1.03 bits per heavy atom. The van der Waals surface area contributed by atoms with Crippen LogP contribution < -0.4 is 15.4 Å². The van der Waals surface area contributed by atoms with Gasteiger partial charge in [0.15, 0.2) is 6.29 Å². The van der Waals surface area contributed by atoms with Crippen LogP contribution in [-0.2, 0) is 14.3 Å². The molecule has 0 saturated carbocycles. The summed E-state index contributed by atoms with van der Waals surface area (Å²) in [5.41, 5.74) is 1.73. The van der Waals surface area contributed by atoms with Gasteiger partial charge < -0.3 is 24.8 Å². The van der Waals surface area contributed by atoms with Gasteiger partial charge in [-0.15, -0.1) is 0 Å². The maximum atomic E-state index is 12.6. The SMILES string of the molecule is COc1ccccc1NC(=O)c1ccc(NC(=O)CN2CCCCC2C2OCCO2)cc1. The monoisotopic (exact) mass is 439 g/mol. The molecule has 2 N–H and O–H groups in total. The van der Waals surface area contributed by atoms with Gasteiger partial charge in [0.25, 0.3) is 5.91 Å². The third-order valence-electron chi connectivity index (χ3n) is 5.76. The summed E-state index contributed by atoms with van der Waals surface area (Å²) in [7, 11) is 1.56. The molecule has 2 amide bonds. The Balaban J connectivity index is 1.32. The normalized spacial score (nSPS) is 19.5. The second-order valence-electron chi connectivity index (χ2n) is 7.92. The smallest absolute Gasteiger partial charge is 0.255 e. The predicted molar refractivity (Wildman–Crippen MR) is 121 cm³/mol. The highest BCUT2D eigenvalue weighted by Crippen LogP contribution is 2.25. The molecule has 2 aliphatic rings. The number of nitrogens with zero attached hydrogens (tertiary/aromatic N) is 1. The number of rotatable bonds is 7. The molecule has 32 heavy (non-hydrogen) atoms. The van der Waals surface area contributed by atoms with Crippen LogP contribution in [0.25, 0.3) is 0 Å². The summed E-state index contributed by atoms with van der Waals surface area (Å²) in [6.45, 7) is 2.35. The van der Waals surface area contributed by atoms with E-state index in [1.54, 1.807) is 43.5 Å². The van der Waals surface area contributed by atoms with Crippen LogP contribution >= 0.6 is 0 Å². The Labute approximate surface area is 187 Å². The van der Waals surface area contributed by atoms with Crippen molar-refractivity contribution in [2.45, 2.75) is 31.6 Å². The predicted octanol–water partition coefficient (Wildman–Crippen LogP) is 3.11. The van der Waals surface area contributed by atoms with Crippen molar-refractivity contribution in [2.24, 2.45) is 0 Å². The summed E-state index contributed by atoms with van der Waals surface area (Å²) in [6.07, 6.45) is 2.90. The molecule has 0 radical (unpaired) electrons. The first-order chi connectivity index (χ1) is 15.6. The molecule has 2 aromatic carbocycles. The summed E-state index contributed by atoms with van der Waals surface area (Å²) >= 11 is 0. The van der Waals surface area contributed by atoms with Crippen LogP contribution in [0.15, 0.2) is 48.5 Å². The Kier molecular flexibility index (Phi) is 7.36. The molecule has 1 atom stereocenters. The number of carbonyl (C=O) groups is 2. The highest BCUT2D eigenvalue weighted by Gasteiger charge is 2.34. The van der Waals surface area contributed by atoms with Crippen molar-refractivity contribution in [2.75, 3.05) is 44.0 Å². The van der Waals surface area contributed by atoms with Gasteiger partial charge in [0.1, 0.15) is 5.75 Å². The summed E-state index contributed by atoms with van der Waals surface area (Å²) in [4.78, 5) is 27.3. The summed E-state index contributed by atoms with van der Waals surface area (Å²) < 4.78 is 16.6. The van der Waals surface area contributed by atoms with Crippen LogP contribution in [0.1, 0.15) is 29.6 Å². The molecular formula is C24H29N3O5. The van der Waals surface area contributed by atoms with Crippen LogP contribution in [0.2, 0.25) is 0 Å². The maximum Gasteiger partial charge on any atom is 0.255 e. The number of hydrogen-bond donors (Lipinski definition) is 2.